The lowest BCUT2D eigenvalue weighted by molar-refractivity contribution is -0.0835. The van der Waals surface area contributed by atoms with E-state index in [2.05, 4.69) is 63.4 Å². The van der Waals surface area contributed by atoms with Gasteiger partial charge in [-0.2, -0.15) is 0 Å². The smallest absolute Gasteiger partial charge is 0.191 e. The van der Waals surface area contributed by atoms with Crippen LogP contribution in [0.15, 0.2) is 23.2 Å². The van der Waals surface area contributed by atoms with E-state index in [1.807, 2.05) is 12.1 Å². The number of guanidine groups is 1. The maximum atomic E-state index is 6.15. The molecule has 7 heteroatoms. The van der Waals surface area contributed by atoms with Crippen LogP contribution in [-0.4, -0.2) is 71.5 Å². The van der Waals surface area contributed by atoms with Crippen LogP contribution >= 0.6 is 0 Å². The van der Waals surface area contributed by atoms with E-state index in [0.717, 1.165) is 49.1 Å². The number of benzene rings is 1. The normalized spacial score (nSPS) is 20.7. The summed E-state index contributed by atoms with van der Waals surface area (Å²) in [4.78, 5) is 7.10. The standard InChI is InChI=1S/C25H44N4O3/c1-9-26-24(27-16-19-11-10-14-32-23(19)25(2,3)4)28-17-20(29(5)6)18-12-13-21(30-7)22(15-18)31-8/h12-13,15,19-20,23H,9-11,14,16-17H2,1-8H3,(H2,26,27,28). The quantitative estimate of drug-likeness (QED) is 0.444. The molecule has 182 valence electrons. The third-order valence-corrected chi connectivity index (χ3v) is 6.01. The Kier molecular flexibility index (Phi) is 10.1. The van der Waals surface area contributed by atoms with Crippen molar-refractivity contribution < 1.29 is 14.2 Å². The summed E-state index contributed by atoms with van der Waals surface area (Å²) in [5.41, 5.74) is 1.27. The van der Waals surface area contributed by atoms with Gasteiger partial charge in [-0.15, -0.1) is 0 Å². The molecule has 0 spiro atoms. The maximum Gasteiger partial charge on any atom is 0.191 e. The number of hydrogen-bond donors (Lipinski definition) is 2. The van der Waals surface area contributed by atoms with Crippen LogP contribution in [0.5, 0.6) is 11.5 Å². The monoisotopic (exact) mass is 448 g/mol. The highest BCUT2D eigenvalue weighted by atomic mass is 16.5. The minimum Gasteiger partial charge on any atom is -0.493 e. The molecule has 2 rings (SSSR count). The molecule has 0 bridgehead atoms. The average Bonchev–Trinajstić information content (AvgIpc) is 2.76. The molecule has 1 aromatic carbocycles. The minimum absolute atomic E-state index is 0.116. The van der Waals surface area contributed by atoms with Gasteiger partial charge < -0.3 is 29.7 Å². The highest BCUT2D eigenvalue weighted by molar-refractivity contribution is 5.79. The molecule has 0 amide bonds. The Balaban J connectivity index is 2.12. The summed E-state index contributed by atoms with van der Waals surface area (Å²) in [7, 11) is 7.47. The van der Waals surface area contributed by atoms with Crippen molar-refractivity contribution in [3.05, 3.63) is 23.8 Å². The van der Waals surface area contributed by atoms with E-state index in [-0.39, 0.29) is 17.6 Å². The molecule has 0 aromatic heterocycles. The predicted octanol–water partition coefficient (Wildman–Crippen LogP) is 3.70. The van der Waals surface area contributed by atoms with Gasteiger partial charge in [-0.25, -0.2) is 0 Å². The van der Waals surface area contributed by atoms with E-state index >= 15 is 0 Å². The zero-order chi connectivity index (χ0) is 23.7. The maximum absolute atomic E-state index is 6.15. The first kappa shape index (κ1) is 26.3. The molecular formula is C25H44N4O3. The molecule has 32 heavy (non-hydrogen) atoms. The van der Waals surface area contributed by atoms with Crippen molar-refractivity contribution in [2.45, 2.75) is 52.7 Å². The lowest BCUT2D eigenvalue weighted by Crippen LogP contribution is -2.47. The van der Waals surface area contributed by atoms with Gasteiger partial charge in [0.05, 0.1) is 32.9 Å². The molecule has 1 aliphatic rings. The predicted molar refractivity (Wildman–Crippen MR) is 132 cm³/mol. The lowest BCUT2D eigenvalue weighted by atomic mass is 9.78. The number of likely N-dealkylation sites (N-methyl/N-ethyl adjacent to an activating group) is 1. The van der Waals surface area contributed by atoms with E-state index < -0.39 is 0 Å². The molecule has 0 aliphatic carbocycles. The van der Waals surface area contributed by atoms with Crippen LogP contribution in [0.1, 0.15) is 52.1 Å². The SMILES string of the molecule is CCNC(=NCC(c1ccc(OC)c(OC)c1)N(C)C)NCC1CCCOC1C(C)(C)C. The molecule has 2 N–H and O–H groups in total. The van der Waals surface area contributed by atoms with Gasteiger partial charge in [0.15, 0.2) is 17.5 Å². The number of aliphatic imine (C=N–C) groups is 1. The third kappa shape index (κ3) is 7.27. The van der Waals surface area contributed by atoms with Crippen LogP contribution < -0.4 is 20.1 Å². The molecular weight excluding hydrogens is 404 g/mol. The second-order valence-corrected chi connectivity index (χ2v) is 9.75. The molecule has 3 unspecified atom stereocenters. The van der Waals surface area contributed by atoms with Crippen molar-refractivity contribution in [2.24, 2.45) is 16.3 Å². The summed E-state index contributed by atoms with van der Waals surface area (Å²) in [5, 5.41) is 6.97. The van der Waals surface area contributed by atoms with Gasteiger partial charge in [-0.3, -0.25) is 4.99 Å². The average molecular weight is 449 g/mol. The summed E-state index contributed by atoms with van der Waals surface area (Å²) in [6, 6.07) is 6.18. The number of methoxy groups -OCH3 is 2. The van der Waals surface area contributed by atoms with Gasteiger partial charge in [0.2, 0.25) is 0 Å². The number of ether oxygens (including phenoxy) is 3. The van der Waals surface area contributed by atoms with E-state index in [0.29, 0.717) is 12.5 Å². The Hall–Kier alpha value is -1.99. The molecule has 1 saturated heterocycles. The van der Waals surface area contributed by atoms with Crippen LogP contribution in [0, 0.1) is 11.3 Å². The number of hydrogen-bond acceptors (Lipinski definition) is 5. The molecule has 1 aliphatic heterocycles. The summed E-state index contributed by atoms with van der Waals surface area (Å²) in [6.45, 7) is 12.1. The molecule has 7 nitrogen and oxygen atoms in total. The van der Waals surface area contributed by atoms with Crippen LogP contribution in [0.2, 0.25) is 0 Å². The first-order valence-electron chi connectivity index (χ1n) is 11.7. The van der Waals surface area contributed by atoms with Crippen LogP contribution in [0.4, 0.5) is 0 Å². The number of nitrogens with one attached hydrogen (secondary N) is 2. The Morgan fingerprint density at radius 3 is 2.50 bits per heavy atom. The molecule has 1 heterocycles. The van der Waals surface area contributed by atoms with Gasteiger partial charge in [-0.1, -0.05) is 26.8 Å². The number of rotatable bonds is 9. The summed E-state index contributed by atoms with van der Waals surface area (Å²) < 4.78 is 17.0. The first-order chi connectivity index (χ1) is 15.2. The zero-order valence-electron chi connectivity index (χ0n) is 21.3. The highest BCUT2D eigenvalue weighted by Gasteiger charge is 2.35. The molecule has 1 aromatic rings. The fourth-order valence-electron chi connectivity index (χ4n) is 4.38. The highest BCUT2D eigenvalue weighted by Crippen LogP contribution is 2.34. The molecule has 0 radical (unpaired) electrons. The summed E-state index contributed by atoms with van der Waals surface area (Å²) in [5.74, 6) is 2.79. The first-order valence-corrected chi connectivity index (χ1v) is 11.7. The Labute approximate surface area is 194 Å². The Morgan fingerprint density at radius 2 is 1.91 bits per heavy atom. The van der Waals surface area contributed by atoms with E-state index in [1.165, 1.54) is 6.42 Å². The van der Waals surface area contributed by atoms with Gasteiger partial charge in [-0.05, 0) is 57.0 Å². The Bertz CT molecular complexity index is 730. The van der Waals surface area contributed by atoms with Gasteiger partial charge in [0, 0.05) is 25.6 Å². The van der Waals surface area contributed by atoms with Crippen LogP contribution in [0.3, 0.4) is 0 Å². The fourth-order valence-corrected chi connectivity index (χ4v) is 4.38. The van der Waals surface area contributed by atoms with Crippen LogP contribution in [-0.2, 0) is 4.74 Å². The molecule has 3 atom stereocenters. The zero-order valence-corrected chi connectivity index (χ0v) is 21.3. The largest absolute Gasteiger partial charge is 0.493 e. The van der Waals surface area contributed by atoms with Crippen molar-refractivity contribution >= 4 is 5.96 Å². The third-order valence-electron chi connectivity index (χ3n) is 6.01. The van der Waals surface area contributed by atoms with Crippen molar-refractivity contribution in [1.82, 2.24) is 15.5 Å². The fraction of sp³-hybridized carbons (Fsp3) is 0.720. The summed E-state index contributed by atoms with van der Waals surface area (Å²) >= 11 is 0. The molecule has 1 fully saturated rings. The van der Waals surface area contributed by atoms with Crippen molar-refractivity contribution in [2.75, 3.05) is 54.6 Å². The number of nitrogens with zero attached hydrogens (tertiary/aromatic N) is 2. The Morgan fingerprint density at radius 1 is 1.19 bits per heavy atom. The van der Waals surface area contributed by atoms with Crippen molar-refractivity contribution in [3.63, 3.8) is 0 Å². The van der Waals surface area contributed by atoms with E-state index in [4.69, 9.17) is 19.2 Å². The second-order valence-electron chi connectivity index (χ2n) is 9.75. The second kappa shape index (κ2) is 12.3. The topological polar surface area (TPSA) is 67.4 Å². The van der Waals surface area contributed by atoms with E-state index in [9.17, 15) is 0 Å². The van der Waals surface area contributed by atoms with E-state index in [1.54, 1.807) is 14.2 Å². The van der Waals surface area contributed by atoms with Crippen molar-refractivity contribution in [3.8, 4) is 11.5 Å². The van der Waals surface area contributed by atoms with Gasteiger partial charge in [0.1, 0.15) is 0 Å². The van der Waals surface area contributed by atoms with Gasteiger partial charge >= 0.3 is 0 Å². The van der Waals surface area contributed by atoms with Gasteiger partial charge in [0.25, 0.3) is 0 Å². The summed E-state index contributed by atoms with van der Waals surface area (Å²) in [6.07, 6.45) is 2.56. The molecule has 0 saturated carbocycles. The lowest BCUT2D eigenvalue weighted by Gasteiger charge is -2.40. The van der Waals surface area contributed by atoms with Crippen molar-refractivity contribution in [1.29, 1.82) is 0 Å². The minimum atomic E-state index is 0.116. The van der Waals surface area contributed by atoms with Crippen LogP contribution in [0.25, 0.3) is 0 Å².